The summed E-state index contributed by atoms with van der Waals surface area (Å²) in [7, 11) is 0. The predicted octanol–water partition coefficient (Wildman–Crippen LogP) is 2.82. The Morgan fingerprint density at radius 2 is 2.16 bits per heavy atom. The van der Waals surface area contributed by atoms with Gasteiger partial charge in [-0.25, -0.2) is 4.39 Å². The van der Waals surface area contributed by atoms with Crippen molar-refractivity contribution in [1.82, 2.24) is 20.5 Å². The van der Waals surface area contributed by atoms with Crippen molar-refractivity contribution < 1.29 is 22.4 Å². The first-order valence-corrected chi connectivity index (χ1v) is 7.44. The molecule has 132 valence electrons. The minimum atomic E-state index is -4.76. The van der Waals surface area contributed by atoms with E-state index in [9.17, 15) is 22.4 Å². The van der Waals surface area contributed by atoms with E-state index in [0.29, 0.717) is 0 Å². The lowest BCUT2D eigenvalue weighted by Gasteiger charge is -2.28. The fraction of sp³-hybridized carbons (Fsp3) is 0.200. The zero-order valence-corrected chi connectivity index (χ0v) is 13.1. The number of pyridine rings is 1. The van der Waals surface area contributed by atoms with Crippen LogP contribution in [0, 0.1) is 0 Å². The van der Waals surface area contributed by atoms with Crippen molar-refractivity contribution >= 4 is 17.5 Å². The lowest BCUT2D eigenvalue weighted by atomic mass is 10.1. The fourth-order valence-electron chi connectivity index (χ4n) is 2.47. The quantitative estimate of drug-likeness (QED) is 0.631. The largest absolute Gasteiger partial charge is 0.414 e. The van der Waals surface area contributed by atoms with E-state index in [1.807, 2.05) is 5.32 Å². The fourth-order valence-corrected chi connectivity index (χ4v) is 2.76. The second kappa shape index (κ2) is 6.40. The summed E-state index contributed by atoms with van der Waals surface area (Å²) < 4.78 is 53.8. The van der Waals surface area contributed by atoms with Crippen molar-refractivity contribution in [2.45, 2.75) is 18.4 Å². The molecule has 3 rings (SSSR count). The molecular formula is C15H11ClF4N4O. The molecule has 10 heteroatoms. The van der Waals surface area contributed by atoms with Gasteiger partial charge in [0.15, 0.2) is 12.2 Å². The highest BCUT2D eigenvalue weighted by Gasteiger charge is 2.45. The van der Waals surface area contributed by atoms with E-state index in [1.165, 1.54) is 30.6 Å². The normalized spacial score (nSPS) is 20.8. The van der Waals surface area contributed by atoms with Crippen LogP contribution in [0.25, 0.3) is 0 Å². The van der Waals surface area contributed by atoms with E-state index in [1.54, 1.807) is 0 Å². The summed E-state index contributed by atoms with van der Waals surface area (Å²) in [5, 5.41) is 4.20. The molecular weight excluding hydrogens is 364 g/mol. The summed E-state index contributed by atoms with van der Waals surface area (Å²) in [6.07, 6.45) is -1.09. The Bertz CT molecular complexity index is 775. The maximum Gasteiger partial charge on any atom is 0.414 e. The molecule has 0 bridgehead atoms. The van der Waals surface area contributed by atoms with Crippen LogP contribution in [0.15, 0.2) is 59.4 Å². The van der Waals surface area contributed by atoms with Crippen molar-refractivity contribution in [3.63, 3.8) is 0 Å². The highest BCUT2D eigenvalue weighted by Crippen LogP contribution is 2.34. The molecule has 0 aliphatic carbocycles. The van der Waals surface area contributed by atoms with Crippen LogP contribution in [0.2, 0.25) is 0 Å². The molecule has 0 spiro atoms. The third-order valence-corrected chi connectivity index (χ3v) is 3.86. The number of amides is 1. The highest BCUT2D eigenvalue weighted by molar-refractivity contribution is 6.30. The van der Waals surface area contributed by atoms with Gasteiger partial charge in [-0.15, -0.1) is 0 Å². The van der Waals surface area contributed by atoms with Crippen LogP contribution < -0.4 is 10.6 Å². The van der Waals surface area contributed by atoms with Crippen molar-refractivity contribution in [3.8, 4) is 0 Å². The number of rotatable bonds is 3. The number of nitrogens with zero attached hydrogens (tertiary/aromatic N) is 2. The number of carbonyl (C=O) groups is 1. The first kappa shape index (κ1) is 17.3. The monoisotopic (exact) mass is 374 g/mol. The average Bonchev–Trinajstić information content (AvgIpc) is 2.90. The van der Waals surface area contributed by atoms with Gasteiger partial charge < -0.3 is 15.5 Å². The minimum Gasteiger partial charge on any atom is -0.346 e. The molecule has 0 saturated heterocycles. The molecule has 25 heavy (non-hydrogen) atoms. The lowest BCUT2D eigenvalue weighted by Crippen LogP contribution is -2.51. The zero-order valence-electron chi connectivity index (χ0n) is 12.4. The van der Waals surface area contributed by atoms with Crippen LogP contribution >= 0.6 is 11.6 Å². The molecule has 5 nitrogen and oxygen atoms in total. The molecule has 0 fully saturated rings. The Morgan fingerprint density at radius 3 is 2.80 bits per heavy atom. The van der Waals surface area contributed by atoms with Gasteiger partial charge in [-0.2, -0.15) is 13.2 Å². The Labute approximate surface area is 144 Å². The van der Waals surface area contributed by atoms with Gasteiger partial charge >= 0.3 is 6.18 Å². The third kappa shape index (κ3) is 3.32. The van der Waals surface area contributed by atoms with Crippen molar-refractivity contribution in [3.05, 3.63) is 65.1 Å². The maximum atomic E-state index is 13.8. The first-order chi connectivity index (χ1) is 11.8. The number of fused-ring (bicyclic) bond motifs is 1. The Hall–Kier alpha value is -2.55. The van der Waals surface area contributed by atoms with Gasteiger partial charge in [-0.05, 0) is 24.3 Å². The van der Waals surface area contributed by atoms with Crippen molar-refractivity contribution in [2.24, 2.45) is 0 Å². The summed E-state index contributed by atoms with van der Waals surface area (Å²) in [5.41, 5.74) is -0.466. The molecule has 3 heterocycles. The van der Waals surface area contributed by atoms with Crippen LogP contribution in [-0.2, 0) is 4.79 Å². The van der Waals surface area contributed by atoms with Gasteiger partial charge in [-0.3, -0.25) is 9.78 Å². The molecule has 2 aliphatic rings. The van der Waals surface area contributed by atoms with E-state index in [-0.39, 0.29) is 16.5 Å². The number of halogens is 5. The molecule has 0 aromatic carbocycles. The second-order valence-electron chi connectivity index (χ2n) is 5.21. The summed E-state index contributed by atoms with van der Waals surface area (Å²) in [6.45, 7) is 0. The van der Waals surface area contributed by atoms with E-state index in [2.05, 4.69) is 10.3 Å². The van der Waals surface area contributed by atoms with Gasteiger partial charge in [-0.1, -0.05) is 17.7 Å². The topological polar surface area (TPSA) is 57.3 Å². The van der Waals surface area contributed by atoms with E-state index < -0.39 is 30.1 Å². The molecule has 1 aromatic rings. The maximum absolute atomic E-state index is 13.8. The van der Waals surface area contributed by atoms with Gasteiger partial charge in [0.1, 0.15) is 16.7 Å². The summed E-state index contributed by atoms with van der Waals surface area (Å²) in [4.78, 5) is 17.1. The first-order valence-electron chi connectivity index (χ1n) is 7.06. The van der Waals surface area contributed by atoms with Crippen LogP contribution in [0.1, 0.15) is 11.7 Å². The second-order valence-corrected chi connectivity index (χ2v) is 5.59. The summed E-state index contributed by atoms with van der Waals surface area (Å²) in [6, 6.07) is 1.69. The van der Waals surface area contributed by atoms with Gasteiger partial charge in [0.2, 0.25) is 0 Å². The van der Waals surface area contributed by atoms with Crippen molar-refractivity contribution in [2.75, 3.05) is 0 Å². The van der Waals surface area contributed by atoms with E-state index in [0.717, 1.165) is 17.0 Å². The lowest BCUT2D eigenvalue weighted by molar-refractivity contribution is -0.165. The number of allylic oxidation sites excluding steroid dienone is 3. The molecule has 2 unspecified atom stereocenters. The summed E-state index contributed by atoms with van der Waals surface area (Å²) in [5.74, 6) is -1.73. The van der Waals surface area contributed by atoms with Crippen LogP contribution in [0.5, 0.6) is 0 Å². The minimum absolute atomic E-state index is 0.106. The Kier molecular flexibility index (Phi) is 4.42. The number of hydrogen-bond acceptors (Lipinski definition) is 4. The molecule has 2 aliphatic heterocycles. The Balaban J connectivity index is 1.82. The van der Waals surface area contributed by atoms with E-state index >= 15 is 0 Å². The van der Waals surface area contributed by atoms with Gasteiger partial charge in [0.25, 0.3) is 5.91 Å². The van der Waals surface area contributed by atoms with Crippen LogP contribution in [0.3, 0.4) is 0 Å². The number of carbonyl (C=O) groups excluding carboxylic acids is 1. The smallest absolute Gasteiger partial charge is 0.346 e. The highest BCUT2D eigenvalue weighted by atomic mass is 35.5. The van der Waals surface area contributed by atoms with Gasteiger partial charge in [0, 0.05) is 12.4 Å². The molecule has 0 saturated carbocycles. The van der Waals surface area contributed by atoms with Crippen LogP contribution in [-0.4, -0.2) is 28.1 Å². The number of hydrogen-bond donors (Lipinski definition) is 2. The third-order valence-electron chi connectivity index (χ3n) is 3.57. The van der Waals surface area contributed by atoms with Gasteiger partial charge in [0.05, 0.1) is 5.69 Å². The standard InChI is InChI=1S/C15H11ClF4N4O/c16-12-10-8(17)4-3-7-24(10)13(23-12)14(25)22-11(15(18,19)20)9-5-1-2-6-21-9/h1-7,11,13,23H,(H,22,25). The van der Waals surface area contributed by atoms with Crippen molar-refractivity contribution in [1.29, 1.82) is 0 Å². The molecule has 1 aromatic heterocycles. The number of alkyl halides is 3. The molecule has 2 atom stereocenters. The zero-order chi connectivity index (χ0) is 18.2. The molecule has 2 N–H and O–H groups in total. The number of aromatic nitrogens is 1. The Morgan fingerprint density at radius 1 is 1.40 bits per heavy atom. The van der Waals surface area contributed by atoms with Crippen LogP contribution in [0.4, 0.5) is 17.6 Å². The van der Waals surface area contributed by atoms with E-state index in [4.69, 9.17) is 11.6 Å². The summed E-state index contributed by atoms with van der Waals surface area (Å²) >= 11 is 5.86. The molecule has 1 amide bonds. The average molecular weight is 375 g/mol. The number of nitrogens with one attached hydrogen (secondary N) is 2. The SMILES string of the molecule is O=C(NC(c1ccccn1)C(F)(F)F)C1NC(Cl)=C2C(F)=CC=CN21. The molecule has 0 radical (unpaired) electrons. The predicted molar refractivity (Wildman–Crippen MR) is 81.1 cm³/mol.